The van der Waals surface area contributed by atoms with E-state index < -0.39 is 0 Å². The van der Waals surface area contributed by atoms with E-state index in [1.807, 2.05) is 6.92 Å². The third-order valence-electron chi connectivity index (χ3n) is 3.11. The molecule has 0 aromatic carbocycles. The Morgan fingerprint density at radius 1 is 1.43 bits per heavy atom. The molecule has 3 heteroatoms. The molecule has 0 aliphatic heterocycles. The van der Waals surface area contributed by atoms with Gasteiger partial charge in [0, 0.05) is 17.5 Å². The lowest BCUT2D eigenvalue weighted by Crippen LogP contribution is -2.11. The van der Waals surface area contributed by atoms with Crippen molar-refractivity contribution in [3.05, 3.63) is 23.8 Å². The van der Waals surface area contributed by atoms with E-state index in [2.05, 4.69) is 9.97 Å². The molecular weight excluding hydrogens is 176 g/mol. The fourth-order valence-electron chi connectivity index (χ4n) is 2.22. The molecule has 1 aliphatic rings. The Morgan fingerprint density at radius 3 is 2.79 bits per heavy atom. The summed E-state index contributed by atoms with van der Waals surface area (Å²) in [5.74, 6) is 0.416. The van der Waals surface area contributed by atoms with Gasteiger partial charge >= 0.3 is 0 Å². The van der Waals surface area contributed by atoms with Gasteiger partial charge in [-0.2, -0.15) is 0 Å². The maximum Gasteiger partial charge on any atom is 0.115 e. The van der Waals surface area contributed by atoms with Gasteiger partial charge in [-0.05, 0) is 25.7 Å². The first-order valence-electron chi connectivity index (χ1n) is 5.23. The minimum absolute atomic E-state index is 0.362. The first-order valence-corrected chi connectivity index (χ1v) is 5.23. The molecule has 2 rings (SSSR count). The number of aryl methyl sites for hydroxylation is 1. The van der Waals surface area contributed by atoms with Gasteiger partial charge in [0.05, 0.1) is 6.10 Å². The van der Waals surface area contributed by atoms with E-state index in [-0.39, 0.29) is 6.10 Å². The number of hydrogen-bond acceptors (Lipinski definition) is 3. The molecule has 0 amide bonds. The van der Waals surface area contributed by atoms with Gasteiger partial charge < -0.3 is 5.11 Å². The quantitative estimate of drug-likeness (QED) is 0.779. The van der Waals surface area contributed by atoms with Gasteiger partial charge in [-0.15, -0.1) is 0 Å². The van der Waals surface area contributed by atoms with Crippen molar-refractivity contribution in [1.82, 2.24) is 9.97 Å². The average molecular weight is 192 g/mol. The SMILES string of the molecule is Cc1ncncc1C(O)C1CCCC1. The van der Waals surface area contributed by atoms with E-state index in [9.17, 15) is 5.11 Å². The van der Waals surface area contributed by atoms with Gasteiger partial charge in [0.2, 0.25) is 0 Å². The van der Waals surface area contributed by atoms with Gasteiger partial charge in [0.25, 0.3) is 0 Å². The highest BCUT2D eigenvalue weighted by Crippen LogP contribution is 2.35. The minimum Gasteiger partial charge on any atom is -0.388 e. The summed E-state index contributed by atoms with van der Waals surface area (Å²) in [6.07, 6.45) is 7.66. The fraction of sp³-hybridized carbons (Fsp3) is 0.636. The van der Waals surface area contributed by atoms with E-state index >= 15 is 0 Å². The largest absolute Gasteiger partial charge is 0.388 e. The Bertz CT molecular complexity index is 308. The Labute approximate surface area is 84.2 Å². The first-order chi connectivity index (χ1) is 6.79. The van der Waals surface area contributed by atoms with Crippen LogP contribution < -0.4 is 0 Å². The Balaban J connectivity index is 2.17. The smallest absolute Gasteiger partial charge is 0.115 e. The third kappa shape index (κ3) is 1.77. The zero-order valence-corrected chi connectivity index (χ0v) is 8.48. The Hall–Kier alpha value is -0.960. The summed E-state index contributed by atoms with van der Waals surface area (Å²) in [7, 11) is 0. The normalized spacial score (nSPS) is 19.9. The maximum atomic E-state index is 10.1. The first kappa shape index (κ1) is 9.59. The van der Waals surface area contributed by atoms with Crippen molar-refractivity contribution in [3.8, 4) is 0 Å². The van der Waals surface area contributed by atoms with Gasteiger partial charge in [-0.1, -0.05) is 12.8 Å². The summed E-state index contributed by atoms with van der Waals surface area (Å²) in [6, 6.07) is 0. The minimum atomic E-state index is -0.362. The summed E-state index contributed by atoms with van der Waals surface area (Å²) in [5.41, 5.74) is 1.80. The molecule has 0 bridgehead atoms. The summed E-state index contributed by atoms with van der Waals surface area (Å²) in [5, 5.41) is 10.1. The number of hydrogen-bond donors (Lipinski definition) is 1. The standard InChI is InChI=1S/C11H16N2O/c1-8-10(6-12-7-13-8)11(14)9-4-2-3-5-9/h6-7,9,11,14H,2-5H2,1H3. The van der Waals surface area contributed by atoms with Crippen molar-refractivity contribution >= 4 is 0 Å². The highest BCUT2D eigenvalue weighted by Gasteiger charge is 2.25. The molecule has 1 aromatic heterocycles. The van der Waals surface area contributed by atoms with Crippen molar-refractivity contribution in [2.45, 2.75) is 38.7 Å². The maximum absolute atomic E-state index is 10.1. The molecule has 1 fully saturated rings. The van der Waals surface area contributed by atoms with Crippen molar-refractivity contribution in [2.24, 2.45) is 5.92 Å². The molecule has 76 valence electrons. The van der Waals surface area contributed by atoms with E-state index in [0.717, 1.165) is 24.1 Å². The van der Waals surface area contributed by atoms with Gasteiger partial charge in [-0.3, -0.25) is 0 Å². The van der Waals surface area contributed by atoms with Gasteiger partial charge in [0.1, 0.15) is 6.33 Å². The summed E-state index contributed by atoms with van der Waals surface area (Å²) < 4.78 is 0. The van der Waals surface area contributed by atoms with Crippen LogP contribution in [0, 0.1) is 12.8 Å². The number of aliphatic hydroxyl groups excluding tert-OH is 1. The molecule has 1 unspecified atom stereocenters. The highest BCUT2D eigenvalue weighted by molar-refractivity contribution is 5.18. The Kier molecular flexibility index (Phi) is 2.77. The summed E-state index contributed by atoms with van der Waals surface area (Å²) >= 11 is 0. The third-order valence-corrected chi connectivity index (χ3v) is 3.11. The zero-order valence-electron chi connectivity index (χ0n) is 8.48. The highest BCUT2D eigenvalue weighted by atomic mass is 16.3. The molecule has 1 saturated carbocycles. The molecule has 1 heterocycles. The van der Waals surface area contributed by atoms with Crippen LogP contribution in [0.2, 0.25) is 0 Å². The van der Waals surface area contributed by atoms with E-state index in [4.69, 9.17) is 0 Å². The van der Waals surface area contributed by atoms with Crippen LogP contribution in [0.25, 0.3) is 0 Å². The monoisotopic (exact) mass is 192 g/mol. The lowest BCUT2D eigenvalue weighted by Gasteiger charge is -2.18. The molecule has 1 atom stereocenters. The average Bonchev–Trinajstić information content (AvgIpc) is 2.70. The molecule has 1 aliphatic carbocycles. The Morgan fingerprint density at radius 2 is 2.14 bits per heavy atom. The lowest BCUT2D eigenvalue weighted by atomic mass is 9.95. The number of aromatic nitrogens is 2. The van der Waals surface area contributed by atoms with Crippen LogP contribution in [0.4, 0.5) is 0 Å². The van der Waals surface area contributed by atoms with Crippen LogP contribution in [0.3, 0.4) is 0 Å². The van der Waals surface area contributed by atoms with E-state index in [1.54, 1.807) is 6.20 Å². The molecule has 3 nitrogen and oxygen atoms in total. The van der Waals surface area contributed by atoms with Crippen molar-refractivity contribution in [1.29, 1.82) is 0 Å². The molecule has 1 N–H and O–H groups in total. The summed E-state index contributed by atoms with van der Waals surface area (Å²) in [6.45, 7) is 1.93. The second-order valence-corrected chi connectivity index (χ2v) is 4.05. The van der Waals surface area contributed by atoms with E-state index in [0.29, 0.717) is 5.92 Å². The number of nitrogens with zero attached hydrogens (tertiary/aromatic N) is 2. The zero-order chi connectivity index (χ0) is 9.97. The lowest BCUT2D eigenvalue weighted by molar-refractivity contribution is 0.110. The van der Waals surface area contributed by atoms with Crippen LogP contribution in [0.1, 0.15) is 43.0 Å². The molecule has 1 aromatic rings. The van der Waals surface area contributed by atoms with Crippen molar-refractivity contribution in [3.63, 3.8) is 0 Å². The van der Waals surface area contributed by atoms with Gasteiger partial charge in [-0.25, -0.2) is 9.97 Å². The fourth-order valence-corrected chi connectivity index (χ4v) is 2.22. The van der Waals surface area contributed by atoms with Crippen LogP contribution in [0.15, 0.2) is 12.5 Å². The molecular formula is C11H16N2O. The molecule has 0 saturated heterocycles. The van der Waals surface area contributed by atoms with E-state index in [1.165, 1.54) is 19.2 Å². The molecule has 0 spiro atoms. The molecule has 0 radical (unpaired) electrons. The second-order valence-electron chi connectivity index (χ2n) is 4.05. The van der Waals surface area contributed by atoms with Crippen molar-refractivity contribution < 1.29 is 5.11 Å². The number of aliphatic hydroxyl groups is 1. The molecule has 14 heavy (non-hydrogen) atoms. The predicted octanol–water partition coefficient (Wildman–Crippen LogP) is 2.01. The van der Waals surface area contributed by atoms with Crippen LogP contribution >= 0.6 is 0 Å². The summed E-state index contributed by atoms with van der Waals surface area (Å²) in [4.78, 5) is 8.07. The van der Waals surface area contributed by atoms with Crippen molar-refractivity contribution in [2.75, 3.05) is 0 Å². The topological polar surface area (TPSA) is 46.0 Å². The van der Waals surface area contributed by atoms with Crippen LogP contribution in [-0.2, 0) is 0 Å². The second kappa shape index (κ2) is 4.05. The number of rotatable bonds is 2. The van der Waals surface area contributed by atoms with Crippen LogP contribution in [-0.4, -0.2) is 15.1 Å². The predicted molar refractivity (Wildman–Crippen MR) is 53.7 cm³/mol. The van der Waals surface area contributed by atoms with Gasteiger partial charge in [0.15, 0.2) is 0 Å². The van der Waals surface area contributed by atoms with Crippen LogP contribution in [0.5, 0.6) is 0 Å².